The first-order chi connectivity index (χ1) is 9.79. The van der Waals surface area contributed by atoms with Crippen LogP contribution in [0, 0.1) is 0 Å². The van der Waals surface area contributed by atoms with Crippen LogP contribution in [0.2, 0.25) is 0 Å². The number of pyridine rings is 1. The van der Waals surface area contributed by atoms with Gasteiger partial charge in [0.25, 0.3) is 0 Å². The average Bonchev–Trinajstić information content (AvgIpc) is 3.01. The van der Waals surface area contributed by atoms with Crippen LogP contribution in [0.5, 0.6) is 0 Å². The largest absolute Gasteiger partial charge is 0.338 e. The van der Waals surface area contributed by atoms with Crippen LogP contribution in [0.1, 0.15) is 11.6 Å². The lowest BCUT2D eigenvalue weighted by molar-refractivity contribution is 0.634. The Morgan fingerprint density at radius 2 is 2.05 bits per heavy atom. The maximum atomic E-state index is 5.87. The van der Waals surface area contributed by atoms with Gasteiger partial charge in [0, 0.05) is 50.9 Å². The van der Waals surface area contributed by atoms with Crippen molar-refractivity contribution in [2.75, 3.05) is 5.88 Å². The van der Waals surface area contributed by atoms with E-state index in [1.165, 1.54) is 0 Å². The van der Waals surface area contributed by atoms with E-state index < -0.39 is 0 Å². The van der Waals surface area contributed by atoms with E-state index in [2.05, 4.69) is 19.5 Å². The molecule has 5 nitrogen and oxygen atoms in total. The van der Waals surface area contributed by atoms with Crippen LogP contribution in [0.4, 0.5) is 0 Å². The number of nitrogens with zero attached hydrogens (tertiary/aromatic N) is 5. The van der Waals surface area contributed by atoms with Crippen molar-refractivity contribution in [1.82, 2.24) is 24.1 Å². The van der Waals surface area contributed by atoms with Crippen molar-refractivity contribution in [3.8, 4) is 0 Å². The van der Waals surface area contributed by atoms with Crippen LogP contribution in [0.3, 0.4) is 0 Å². The molecule has 0 amide bonds. The number of aryl methyl sites for hydroxylation is 4. The molecule has 0 bridgehead atoms. The quantitative estimate of drug-likeness (QED) is 0.677. The van der Waals surface area contributed by atoms with Gasteiger partial charge in [0.05, 0.1) is 0 Å². The summed E-state index contributed by atoms with van der Waals surface area (Å²) in [6.45, 7) is 0.810. The lowest BCUT2D eigenvalue weighted by Crippen LogP contribution is -2.10. The lowest BCUT2D eigenvalue weighted by Gasteiger charge is -2.07. The maximum absolute atomic E-state index is 5.87. The normalized spacial score (nSPS) is 11.3. The summed E-state index contributed by atoms with van der Waals surface area (Å²) >= 11 is 5.87. The first-order valence-corrected chi connectivity index (χ1v) is 7.15. The minimum atomic E-state index is 0.561. The van der Waals surface area contributed by atoms with Gasteiger partial charge in [-0.2, -0.15) is 0 Å². The van der Waals surface area contributed by atoms with Crippen molar-refractivity contribution < 1.29 is 0 Å². The molecule has 0 aliphatic heterocycles. The summed E-state index contributed by atoms with van der Waals surface area (Å²) in [7, 11) is 2.01. The van der Waals surface area contributed by atoms with E-state index in [0.717, 1.165) is 42.2 Å². The van der Waals surface area contributed by atoms with E-state index in [1.54, 1.807) is 6.20 Å². The lowest BCUT2D eigenvalue weighted by atomic mass is 10.3. The SMILES string of the molecule is Cn1ccnc1CCn1c(CCCl)nc2cccnc21. The molecule has 20 heavy (non-hydrogen) atoms. The zero-order valence-electron chi connectivity index (χ0n) is 11.3. The fourth-order valence-electron chi connectivity index (χ4n) is 2.36. The Bertz CT molecular complexity index is 715. The highest BCUT2D eigenvalue weighted by atomic mass is 35.5. The van der Waals surface area contributed by atoms with Gasteiger partial charge in [0.1, 0.15) is 17.2 Å². The van der Waals surface area contributed by atoms with Gasteiger partial charge in [0.15, 0.2) is 5.65 Å². The van der Waals surface area contributed by atoms with Crippen molar-refractivity contribution in [2.45, 2.75) is 19.4 Å². The summed E-state index contributed by atoms with van der Waals surface area (Å²) in [6, 6.07) is 3.89. The van der Waals surface area contributed by atoms with E-state index in [9.17, 15) is 0 Å². The van der Waals surface area contributed by atoms with Crippen LogP contribution in [0.15, 0.2) is 30.7 Å². The third kappa shape index (κ3) is 2.41. The Morgan fingerprint density at radius 1 is 1.15 bits per heavy atom. The molecule has 3 rings (SSSR count). The van der Waals surface area contributed by atoms with Crippen LogP contribution < -0.4 is 0 Å². The first-order valence-electron chi connectivity index (χ1n) is 6.62. The number of alkyl halides is 1. The van der Waals surface area contributed by atoms with Crippen molar-refractivity contribution >= 4 is 22.8 Å². The number of imidazole rings is 2. The van der Waals surface area contributed by atoms with Crippen LogP contribution in [-0.2, 0) is 26.4 Å². The van der Waals surface area contributed by atoms with Crippen molar-refractivity contribution in [1.29, 1.82) is 0 Å². The third-order valence-electron chi connectivity index (χ3n) is 3.38. The average molecular weight is 290 g/mol. The van der Waals surface area contributed by atoms with Gasteiger partial charge in [-0.15, -0.1) is 11.6 Å². The van der Waals surface area contributed by atoms with Crippen molar-refractivity contribution in [3.63, 3.8) is 0 Å². The van der Waals surface area contributed by atoms with Gasteiger partial charge in [-0.3, -0.25) is 0 Å². The van der Waals surface area contributed by atoms with Gasteiger partial charge in [0.2, 0.25) is 0 Å². The summed E-state index contributed by atoms with van der Waals surface area (Å²) in [5.41, 5.74) is 1.84. The van der Waals surface area contributed by atoms with Crippen LogP contribution in [0.25, 0.3) is 11.2 Å². The summed E-state index contributed by atoms with van der Waals surface area (Å²) in [6.07, 6.45) is 7.17. The number of halogens is 1. The summed E-state index contributed by atoms with van der Waals surface area (Å²) < 4.78 is 4.18. The Morgan fingerprint density at radius 3 is 2.80 bits per heavy atom. The molecule has 0 spiro atoms. The predicted octanol–water partition coefficient (Wildman–Crippen LogP) is 2.19. The fraction of sp³-hybridized carbons (Fsp3) is 0.357. The van der Waals surface area contributed by atoms with Gasteiger partial charge in [-0.1, -0.05) is 0 Å². The molecule has 6 heteroatoms. The molecule has 3 aromatic rings. The number of aromatic nitrogens is 5. The highest BCUT2D eigenvalue weighted by molar-refractivity contribution is 6.17. The summed E-state index contributed by atoms with van der Waals surface area (Å²) in [4.78, 5) is 13.4. The summed E-state index contributed by atoms with van der Waals surface area (Å²) in [5.74, 6) is 2.61. The molecule has 0 aromatic carbocycles. The predicted molar refractivity (Wildman–Crippen MR) is 78.9 cm³/mol. The number of hydrogen-bond acceptors (Lipinski definition) is 3. The van der Waals surface area contributed by atoms with E-state index in [0.29, 0.717) is 5.88 Å². The molecule has 0 saturated heterocycles. The van der Waals surface area contributed by atoms with E-state index >= 15 is 0 Å². The van der Waals surface area contributed by atoms with Crippen molar-refractivity contribution in [3.05, 3.63) is 42.4 Å². The standard InChI is InChI=1S/C14H16ClN5/c1-19-10-8-16-12(19)5-9-20-13(4-6-15)18-11-3-2-7-17-14(11)20/h2-3,7-8,10H,4-6,9H2,1H3. The molecule has 3 heterocycles. The molecule has 0 atom stereocenters. The number of rotatable bonds is 5. The van der Waals surface area contributed by atoms with Gasteiger partial charge >= 0.3 is 0 Å². The highest BCUT2D eigenvalue weighted by Crippen LogP contribution is 2.15. The second-order valence-corrected chi connectivity index (χ2v) is 5.05. The Hall–Kier alpha value is -1.88. The van der Waals surface area contributed by atoms with Crippen LogP contribution >= 0.6 is 11.6 Å². The maximum Gasteiger partial charge on any atom is 0.159 e. The molecule has 0 fully saturated rings. The molecule has 0 radical (unpaired) electrons. The molecule has 0 unspecified atom stereocenters. The Kier molecular flexibility index (Phi) is 3.69. The molecule has 0 saturated carbocycles. The molecule has 0 N–H and O–H groups in total. The molecule has 0 aliphatic rings. The molecular formula is C14H16ClN5. The van der Waals surface area contributed by atoms with Gasteiger partial charge in [-0.05, 0) is 12.1 Å². The summed E-state index contributed by atoms with van der Waals surface area (Å²) in [5, 5.41) is 0. The molecular weight excluding hydrogens is 274 g/mol. The molecule has 0 aliphatic carbocycles. The minimum absolute atomic E-state index is 0.561. The first kappa shape index (κ1) is 13.1. The van der Waals surface area contributed by atoms with E-state index in [-0.39, 0.29) is 0 Å². The molecule has 104 valence electrons. The minimum Gasteiger partial charge on any atom is -0.338 e. The van der Waals surface area contributed by atoms with Crippen LogP contribution in [-0.4, -0.2) is 30.0 Å². The molecule has 3 aromatic heterocycles. The second kappa shape index (κ2) is 5.63. The monoisotopic (exact) mass is 289 g/mol. The fourth-order valence-corrected chi connectivity index (χ4v) is 2.53. The zero-order chi connectivity index (χ0) is 13.9. The van der Waals surface area contributed by atoms with Crippen molar-refractivity contribution in [2.24, 2.45) is 7.05 Å². The Balaban J connectivity index is 1.92. The Labute approximate surface area is 122 Å². The second-order valence-electron chi connectivity index (χ2n) is 4.67. The zero-order valence-corrected chi connectivity index (χ0v) is 12.1. The number of hydrogen-bond donors (Lipinski definition) is 0. The van der Waals surface area contributed by atoms with E-state index in [4.69, 9.17) is 11.6 Å². The van der Waals surface area contributed by atoms with E-state index in [1.807, 2.05) is 36.1 Å². The highest BCUT2D eigenvalue weighted by Gasteiger charge is 2.11. The van der Waals surface area contributed by atoms with Gasteiger partial charge in [-0.25, -0.2) is 15.0 Å². The van der Waals surface area contributed by atoms with Gasteiger partial charge < -0.3 is 9.13 Å². The number of fused-ring (bicyclic) bond motifs is 1. The third-order valence-corrected chi connectivity index (χ3v) is 3.57. The topological polar surface area (TPSA) is 48.5 Å². The smallest absolute Gasteiger partial charge is 0.159 e.